The number of nitriles is 2. The molecular formula is C22H24N6O2S. The fourth-order valence-electron chi connectivity index (χ4n) is 2.74. The molecule has 0 saturated heterocycles. The Labute approximate surface area is 187 Å². The fraction of sp³-hybridized carbons (Fsp3) is 0.273. The van der Waals surface area contributed by atoms with E-state index in [9.17, 15) is 0 Å². The minimum absolute atomic E-state index is 0.344. The highest BCUT2D eigenvalue weighted by atomic mass is 32.1. The Morgan fingerprint density at radius 1 is 1.06 bits per heavy atom. The van der Waals surface area contributed by atoms with Gasteiger partial charge in [-0.1, -0.05) is 0 Å². The molecule has 8 nitrogen and oxygen atoms in total. The molecule has 160 valence electrons. The Kier molecular flexibility index (Phi) is 9.60. The summed E-state index contributed by atoms with van der Waals surface area (Å²) in [6, 6.07) is 17.3. The van der Waals surface area contributed by atoms with Gasteiger partial charge in [-0.25, -0.2) is 0 Å². The first-order chi connectivity index (χ1) is 15.1. The van der Waals surface area contributed by atoms with Gasteiger partial charge in [-0.05, 0) is 48.6 Å². The second kappa shape index (κ2) is 12.7. The third-order valence-electron chi connectivity index (χ3n) is 4.29. The normalized spacial score (nSPS) is 10.1. The number of rotatable bonds is 10. The van der Waals surface area contributed by atoms with Crippen molar-refractivity contribution < 1.29 is 9.47 Å². The van der Waals surface area contributed by atoms with Crippen molar-refractivity contribution in [3.63, 3.8) is 0 Å². The summed E-state index contributed by atoms with van der Waals surface area (Å²) < 4.78 is 10.6. The average molecular weight is 437 g/mol. The van der Waals surface area contributed by atoms with Gasteiger partial charge in [0.05, 0.1) is 45.4 Å². The van der Waals surface area contributed by atoms with Crippen LogP contribution < -0.4 is 25.1 Å². The lowest BCUT2D eigenvalue weighted by atomic mass is 10.1. The van der Waals surface area contributed by atoms with Crippen molar-refractivity contribution >= 4 is 34.9 Å². The zero-order valence-electron chi connectivity index (χ0n) is 17.5. The minimum atomic E-state index is 0.344. The van der Waals surface area contributed by atoms with E-state index in [1.165, 1.54) is 0 Å². The van der Waals surface area contributed by atoms with Crippen LogP contribution >= 0.6 is 12.2 Å². The fourth-order valence-corrected chi connectivity index (χ4v) is 2.91. The summed E-state index contributed by atoms with van der Waals surface area (Å²) >= 11 is 5.25. The van der Waals surface area contributed by atoms with Crippen molar-refractivity contribution in [2.75, 3.05) is 37.5 Å². The number of hydrazone groups is 1. The van der Waals surface area contributed by atoms with Crippen LogP contribution in [0.25, 0.3) is 0 Å². The van der Waals surface area contributed by atoms with Crippen molar-refractivity contribution in [2.24, 2.45) is 5.10 Å². The molecule has 0 radical (unpaired) electrons. The molecule has 0 unspecified atom stereocenters. The van der Waals surface area contributed by atoms with E-state index in [0.29, 0.717) is 36.8 Å². The Bertz CT molecular complexity index is 961. The van der Waals surface area contributed by atoms with E-state index in [-0.39, 0.29) is 0 Å². The van der Waals surface area contributed by atoms with E-state index in [0.717, 1.165) is 22.7 Å². The number of hydrogen-bond acceptors (Lipinski definition) is 7. The molecule has 31 heavy (non-hydrogen) atoms. The molecule has 9 heteroatoms. The molecule has 2 aromatic rings. The van der Waals surface area contributed by atoms with Crippen LogP contribution in [0.15, 0.2) is 47.6 Å². The van der Waals surface area contributed by atoms with Crippen LogP contribution in [0.4, 0.5) is 11.4 Å². The largest absolute Gasteiger partial charge is 0.497 e. The van der Waals surface area contributed by atoms with Crippen LogP contribution in [0.2, 0.25) is 0 Å². The van der Waals surface area contributed by atoms with Crippen LogP contribution in [0.5, 0.6) is 11.5 Å². The van der Waals surface area contributed by atoms with E-state index in [1.807, 2.05) is 47.4 Å². The summed E-state index contributed by atoms with van der Waals surface area (Å²) in [5, 5.41) is 25.3. The van der Waals surface area contributed by atoms with Gasteiger partial charge < -0.3 is 19.7 Å². The van der Waals surface area contributed by atoms with E-state index >= 15 is 0 Å². The predicted octanol–water partition coefficient (Wildman–Crippen LogP) is 3.66. The number of thiocarbonyl (C=S) groups is 1. The summed E-state index contributed by atoms with van der Waals surface area (Å²) in [6.07, 6.45) is 2.36. The van der Waals surface area contributed by atoms with Crippen molar-refractivity contribution in [3.05, 3.63) is 48.0 Å². The summed E-state index contributed by atoms with van der Waals surface area (Å²) in [5.41, 5.74) is 5.22. The molecule has 0 atom stereocenters. The predicted molar refractivity (Wildman–Crippen MR) is 126 cm³/mol. The molecule has 2 N–H and O–H groups in total. The van der Waals surface area contributed by atoms with Gasteiger partial charge in [0.1, 0.15) is 11.5 Å². The molecule has 2 aromatic carbocycles. The Morgan fingerprint density at radius 3 is 2.32 bits per heavy atom. The van der Waals surface area contributed by atoms with Gasteiger partial charge in [0.2, 0.25) is 0 Å². The number of anilines is 2. The van der Waals surface area contributed by atoms with Gasteiger partial charge >= 0.3 is 0 Å². The number of methoxy groups -OCH3 is 2. The molecule has 0 bridgehead atoms. The molecule has 0 aliphatic heterocycles. The number of nitrogens with zero attached hydrogens (tertiary/aromatic N) is 4. The first kappa shape index (κ1) is 23.5. The van der Waals surface area contributed by atoms with Crippen LogP contribution in [-0.2, 0) is 0 Å². The maximum atomic E-state index is 8.88. The topological polar surface area (TPSA) is 106 Å². The van der Waals surface area contributed by atoms with Crippen LogP contribution in [0, 0.1) is 22.7 Å². The molecule has 0 aromatic heterocycles. The summed E-state index contributed by atoms with van der Waals surface area (Å²) in [4.78, 5) is 1.99. The third-order valence-corrected chi connectivity index (χ3v) is 4.48. The molecule has 0 amide bonds. The van der Waals surface area contributed by atoms with Crippen molar-refractivity contribution in [1.82, 2.24) is 5.43 Å². The highest BCUT2D eigenvalue weighted by Gasteiger charge is 2.10. The molecule has 0 saturated carbocycles. The molecule has 0 aliphatic rings. The van der Waals surface area contributed by atoms with Crippen LogP contribution in [-0.4, -0.2) is 38.6 Å². The lowest BCUT2D eigenvalue weighted by Crippen LogP contribution is -2.25. The first-order valence-electron chi connectivity index (χ1n) is 9.52. The quantitative estimate of drug-likeness (QED) is 0.330. The summed E-state index contributed by atoms with van der Waals surface area (Å²) in [6.45, 7) is 1.09. The Balaban J connectivity index is 2.02. The zero-order valence-corrected chi connectivity index (χ0v) is 18.3. The van der Waals surface area contributed by atoms with Gasteiger partial charge in [-0.3, -0.25) is 5.43 Å². The molecule has 0 heterocycles. The van der Waals surface area contributed by atoms with Gasteiger partial charge in [-0.2, -0.15) is 15.6 Å². The maximum absolute atomic E-state index is 8.88. The van der Waals surface area contributed by atoms with E-state index in [2.05, 4.69) is 28.0 Å². The van der Waals surface area contributed by atoms with Gasteiger partial charge in [0.25, 0.3) is 0 Å². The van der Waals surface area contributed by atoms with E-state index in [4.69, 9.17) is 32.2 Å². The molecule has 0 fully saturated rings. The average Bonchev–Trinajstić information content (AvgIpc) is 2.80. The third kappa shape index (κ3) is 7.50. The molecule has 0 spiro atoms. The van der Waals surface area contributed by atoms with Crippen LogP contribution in [0.3, 0.4) is 0 Å². The van der Waals surface area contributed by atoms with Gasteiger partial charge in [-0.15, -0.1) is 0 Å². The summed E-state index contributed by atoms with van der Waals surface area (Å²) in [5.74, 6) is 1.38. The number of hydrogen-bond donors (Lipinski definition) is 2. The monoisotopic (exact) mass is 436 g/mol. The first-order valence-corrected chi connectivity index (χ1v) is 9.93. The lowest BCUT2D eigenvalue weighted by Gasteiger charge is -2.23. The Morgan fingerprint density at radius 2 is 1.74 bits per heavy atom. The molecule has 2 rings (SSSR count). The van der Waals surface area contributed by atoms with Crippen molar-refractivity contribution in [3.8, 4) is 23.6 Å². The second-order valence-corrected chi connectivity index (χ2v) is 6.69. The standard InChI is InChI=1S/C22H24N6O2S/c1-29-20-9-6-18(7-10-20)26-22(31)27-25-16-17-5-8-19(15-21(17)30-2)28(13-3-11-23)14-4-12-24/h5-10,15-16H,3-4,13-14H2,1-2H3,(H2,26,27,31). The molecule has 0 aliphatic carbocycles. The van der Waals surface area contributed by atoms with Gasteiger partial charge in [0, 0.05) is 36.1 Å². The maximum Gasteiger partial charge on any atom is 0.191 e. The van der Waals surface area contributed by atoms with E-state index in [1.54, 1.807) is 20.4 Å². The highest BCUT2D eigenvalue weighted by molar-refractivity contribution is 7.80. The molecular weight excluding hydrogens is 412 g/mol. The minimum Gasteiger partial charge on any atom is -0.497 e. The Hall–Kier alpha value is -3.82. The van der Waals surface area contributed by atoms with E-state index < -0.39 is 0 Å². The smallest absolute Gasteiger partial charge is 0.191 e. The number of benzene rings is 2. The number of nitrogens with one attached hydrogen (secondary N) is 2. The summed E-state index contributed by atoms with van der Waals surface area (Å²) in [7, 11) is 3.19. The second-order valence-electron chi connectivity index (χ2n) is 6.28. The highest BCUT2D eigenvalue weighted by Crippen LogP contribution is 2.25. The zero-order chi connectivity index (χ0) is 22.5. The number of ether oxygens (including phenoxy) is 2. The van der Waals surface area contributed by atoms with Gasteiger partial charge in [0.15, 0.2) is 5.11 Å². The lowest BCUT2D eigenvalue weighted by molar-refractivity contribution is 0.414. The van der Waals surface area contributed by atoms with Crippen molar-refractivity contribution in [1.29, 1.82) is 10.5 Å². The SMILES string of the molecule is COc1ccc(NC(=S)NN=Cc2ccc(N(CCC#N)CCC#N)cc2OC)cc1. The van der Waals surface area contributed by atoms with Crippen LogP contribution in [0.1, 0.15) is 18.4 Å². The van der Waals surface area contributed by atoms with Crippen molar-refractivity contribution in [2.45, 2.75) is 12.8 Å².